The Labute approximate surface area is 616 Å². The molecule has 3 N–H and O–H groups in total. The number of hydrogen-bond acceptors (Lipinski definition) is 17. The van der Waals surface area contributed by atoms with Crippen LogP contribution in [0.5, 0.6) is 34.5 Å². The van der Waals surface area contributed by atoms with Gasteiger partial charge >= 0.3 is 19.8 Å². The lowest BCUT2D eigenvalue weighted by atomic mass is 9.96. The largest absolute Gasteiger partial charge is 0.493 e. The summed E-state index contributed by atoms with van der Waals surface area (Å²) in [4.78, 5) is 67.5. The maximum Gasteiger partial charge on any atom is 0.387 e. The quantitative estimate of drug-likeness (QED) is 0.0427. The van der Waals surface area contributed by atoms with E-state index in [1.165, 1.54) is 7.11 Å². The maximum absolute atomic E-state index is 13.3. The van der Waals surface area contributed by atoms with Crippen molar-refractivity contribution in [2.45, 2.75) is 141 Å². The molecule has 107 heavy (non-hydrogen) atoms. The van der Waals surface area contributed by atoms with Crippen molar-refractivity contribution in [2.24, 2.45) is 0 Å². The summed E-state index contributed by atoms with van der Waals surface area (Å²) in [7, 11) is 1.41. The summed E-state index contributed by atoms with van der Waals surface area (Å²) in [5.74, 6) is 3.24. The van der Waals surface area contributed by atoms with Gasteiger partial charge in [-0.3, -0.25) is 24.6 Å². The third-order valence-electron chi connectivity index (χ3n) is 19.6. The van der Waals surface area contributed by atoms with Crippen LogP contribution in [0.1, 0.15) is 84.2 Å². The van der Waals surface area contributed by atoms with Crippen molar-refractivity contribution in [3.63, 3.8) is 0 Å². The Bertz CT molecular complexity index is 4310. The second kappa shape index (κ2) is 36.3. The molecule has 6 aromatic carbocycles. The zero-order valence-corrected chi connectivity index (χ0v) is 59.8. The highest BCUT2D eigenvalue weighted by Crippen LogP contribution is 2.40. The summed E-state index contributed by atoms with van der Waals surface area (Å²) < 4.78 is 109. The Hall–Kier alpha value is -11.0. The number of amides is 3. The lowest BCUT2D eigenvalue weighted by Gasteiger charge is -2.43. The number of aryl methyl sites for hydroxylation is 2. The fourth-order valence-electron chi connectivity index (χ4n) is 13.8. The smallest absolute Gasteiger partial charge is 0.387 e. The first-order valence-electron chi connectivity index (χ1n) is 36.0. The Balaban J connectivity index is 0.000000150. The van der Waals surface area contributed by atoms with Crippen molar-refractivity contribution in [3.8, 4) is 34.5 Å². The van der Waals surface area contributed by atoms with Crippen molar-refractivity contribution in [1.29, 1.82) is 0 Å². The normalized spacial score (nSPS) is 17.5. The fraction of sp³-hybridized carbons (Fsp3) is 0.410. The van der Waals surface area contributed by atoms with E-state index in [2.05, 4.69) is 84.0 Å². The summed E-state index contributed by atoms with van der Waals surface area (Å²) in [5.41, 5.74) is 6.55. The first-order chi connectivity index (χ1) is 51.9. The molecule has 3 aromatic heterocycles. The average Bonchev–Trinajstić information content (AvgIpc) is 1.59. The van der Waals surface area contributed by atoms with Crippen LogP contribution in [0.2, 0.25) is 0 Å². The minimum atomic E-state index is -2.95. The van der Waals surface area contributed by atoms with Crippen LogP contribution in [-0.4, -0.2) is 189 Å². The molecule has 0 radical (unpaired) electrons. The van der Waals surface area contributed by atoms with Crippen LogP contribution >= 0.6 is 0 Å². The molecule has 3 saturated heterocycles. The molecule has 29 heteroatoms. The van der Waals surface area contributed by atoms with Gasteiger partial charge in [-0.15, -0.1) is 0 Å². The highest BCUT2D eigenvalue weighted by atomic mass is 19.3. The summed E-state index contributed by atoms with van der Waals surface area (Å²) in [6, 6.07) is 45.1. The number of ether oxygens (including phenoxy) is 6. The topological polar surface area (TPSA) is 238 Å². The van der Waals surface area contributed by atoms with Crippen molar-refractivity contribution in [2.75, 3.05) is 80.7 Å². The minimum absolute atomic E-state index is 0.0192. The molecule has 3 aliphatic heterocycles. The minimum Gasteiger partial charge on any atom is -0.493 e. The van der Waals surface area contributed by atoms with Crippen LogP contribution in [0.15, 0.2) is 158 Å². The summed E-state index contributed by atoms with van der Waals surface area (Å²) in [5, 5.41) is 13.8. The van der Waals surface area contributed by atoms with Crippen molar-refractivity contribution in [1.82, 2.24) is 55.0 Å². The fourth-order valence-corrected chi connectivity index (χ4v) is 13.8. The molecule has 0 bridgehead atoms. The van der Waals surface area contributed by atoms with E-state index in [4.69, 9.17) is 23.7 Å². The standard InChI is InChI=1S/C27H31F2N5O3.C27H30F2N4O3.C24H27F2N5O3/c1-18-30-25(32-31-18)16-26(35)34-13-12-33(17-21(34)14-19-6-3-2-4-7-19)20-10-11-23(37-27(28)29)24(15-20)36-22-8-5-9-22;28-27(29)36-24-10-9-21(15-25(24)35-23-7-4-8-23)32-11-12-33(26(34)14-20-16-30-18-31-20)22(17-32)13-19-5-2-1-3-6-19;1-16-27-22(29-28-16)14-23(32)31-11-10-30(15-19(31)12-17-6-4-3-5-7-17)18-8-9-20(33-2)21(13-18)34-24(25)26/h2-4,6-7,10-11,15,21-22,27H,5,8-9,12-14,16-17H2,1H3,(H,30,31,32);1-3,5-6,9-10,15-16,18,22-23,27H,4,7-8,11-14,17H2,(H,30,31);3-9,13,19,24H,10-12,14-15H2,1-2H3,(H,27,28,29)/t21-;22-;19-/m000/s1. The van der Waals surface area contributed by atoms with Crippen LogP contribution < -0.4 is 43.1 Å². The molecule has 566 valence electrons. The number of halogens is 6. The van der Waals surface area contributed by atoms with E-state index in [1.54, 1.807) is 74.9 Å². The second-order valence-electron chi connectivity index (χ2n) is 27.0. The third-order valence-corrected chi connectivity index (χ3v) is 19.6. The van der Waals surface area contributed by atoms with E-state index in [-0.39, 0.29) is 90.3 Å². The molecule has 5 fully saturated rings. The predicted octanol–water partition coefficient (Wildman–Crippen LogP) is 11.8. The van der Waals surface area contributed by atoms with Crippen molar-refractivity contribution < 1.29 is 69.1 Å². The number of imidazole rings is 1. The molecule has 9 aromatic rings. The highest BCUT2D eigenvalue weighted by Gasteiger charge is 2.36. The van der Waals surface area contributed by atoms with Gasteiger partial charge in [0.2, 0.25) is 17.7 Å². The SMILES string of the molecule is COc1ccc(N2CCN(C(=O)Cc3n[nH]c(C)n3)[C@@H](Cc3ccccc3)C2)cc1OC(F)F.Cc1nc(CC(=O)N2CCN(c3ccc(OC(F)F)c(OC4CCC4)c3)C[C@@H]2Cc2ccccc2)n[nH]1.O=C(Cc1c[nH]cn1)N1CCN(c2ccc(OC(F)F)c(OC3CCC3)c2)C[C@@H]1Cc1ccccc1. The van der Waals surface area contributed by atoms with Gasteiger partial charge in [0, 0.05) is 100 Å². The number of aromatic nitrogens is 8. The van der Waals surface area contributed by atoms with Gasteiger partial charge in [0.15, 0.2) is 46.1 Å². The van der Waals surface area contributed by atoms with Gasteiger partial charge in [-0.25, -0.2) is 15.0 Å². The number of piperazine rings is 3. The lowest BCUT2D eigenvalue weighted by Crippen LogP contribution is -2.56. The molecular weight excluding hydrogens is 1390 g/mol. The number of hydrogen-bond donors (Lipinski definition) is 3. The Kier molecular flexibility index (Phi) is 25.7. The number of benzene rings is 6. The van der Waals surface area contributed by atoms with Crippen LogP contribution in [0.4, 0.5) is 43.4 Å². The summed E-state index contributed by atoms with van der Waals surface area (Å²) >= 11 is 0. The number of carbonyl (C=O) groups is 3. The van der Waals surface area contributed by atoms with E-state index in [9.17, 15) is 40.7 Å². The zero-order chi connectivity index (χ0) is 74.8. The molecule has 6 heterocycles. The lowest BCUT2D eigenvalue weighted by molar-refractivity contribution is -0.134. The molecule has 2 saturated carbocycles. The van der Waals surface area contributed by atoms with Crippen molar-refractivity contribution >= 4 is 34.8 Å². The van der Waals surface area contributed by atoms with Crippen LogP contribution in [-0.2, 0) is 52.9 Å². The zero-order valence-electron chi connectivity index (χ0n) is 59.8. The number of rotatable bonds is 26. The van der Waals surface area contributed by atoms with E-state index in [1.807, 2.05) is 87.5 Å². The molecule has 2 aliphatic carbocycles. The van der Waals surface area contributed by atoms with Crippen LogP contribution in [0.25, 0.3) is 0 Å². The average molecular weight is 1480 g/mol. The molecule has 3 amide bonds. The molecule has 3 atom stereocenters. The van der Waals surface area contributed by atoms with Gasteiger partial charge in [-0.05, 0) is 125 Å². The highest BCUT2D eigenvalue weighted by molar-refractivity contribution is 5.80. The first kappa shape index (κ1) is 75.7. The second-order valence-corrected chi connectivity index (χ2v) is 27.0. The van der Waals surface area contributed by atoms with Gasteiger partial charge < -0.3 is 62.8 Å². The van der Waals surface area contributed by atoms with E-state index >= 15 is 0 Å². The van der Waals surface area contributed by atoms with Gasteiger partial charge in [0.1, 0.15) is 11.6 Å². The number of methoxy groups -OCH3 is 1. The van der Waals surface area contributed by atoms with Gasteiger partial charge in [0.25, 0.3) is 0 Å². The van der Waals surface area contributed by atoms with E-state index in [0.29, 0.717) is 119 Å². The molecular formula is C78H88F6N14O9. The molecule has 5 aliphatic rings. The number of nitrogens with one attached hydrogen (secondary N) is 3. The Morgan fingerprint density at radius 1 is 0.458 bits per heavy atom. The third kappa shape index (κ3) is 21.0. The van der Waals surface area contributed by atoms with E-state index in [0.717, 1.165) is 72.3 Å². The summed E-state index contributed by atoms with van der Waals surface area (Å²) in [6.45, 7) is -0.146. The maximum atomic E-state index is 13.3. The Morgan fingerprint density at radius 3 is 1.15 bits per heavy atom. The predicted molar refractivity (Wildman–Crippen MR) is 388 cm³/mol. The number of carbonyl (C=O) groups excluding carboxylic acids is 3. The van der Waals surface area contributed by atoms with Gasteiger partial charge in [-0.2, -0.15) is 36.5 Å². The van der Waals surface area contributed by atoms with E-state index < -0.39 is 19.8 Å². The number of H-pyrrole nitrogens is 3. The number of nitrogens with zero attached hydrogens (tertiary/aromatic N) is 11. The number of alkyl halides is 6. The van der Waals surface area contributed by atoms with Crippen molar-refractivity contribution in [3.05, 3.63) is 204 Å². The molecule has 0 unspecified atom stereocenters. The first-order valence-corrected chi connectivity index (χ1v) is 36.0. The molecule has 14 rings (SSSR count). The Morgan fingerprint density at radius 2 is 0.822 bits per heavy atom. The molecule has 0 spiro atoms. The molecule has 23 nitrogen and oxygen atoms in total. The number of anilines is 3. The monoisotopic (exact) mass is 1480 g/mol. The number of aromatic amines is 3. The van der Waals surface area contributed by atoms with Crippen LogP contribution in [0, 0.1) is 13.8 Å². The van der Waals surface area contributed by atoms with Crippen LogP contribution in [0.3, 0.4) is 0 Å². The summed E-state index contributed by atoms with van der Waals surface area (Å²) in [6.07, 6.45) is 11.7. The van der Waals surface area contributed by atoms with Gasteiger partial charge in [0.05, 0.1) is 68.7 Å². The van der Waals surface area contributed by atoms with Gasteiger partial charge in [-0.1, -0.05) is 91.0 Å².